The molecule has 0 saturated heterocycles. The summed E-state index contributed by atoms with van der Waals surface area (Å²) in [6.07, 6.45) is -5.43. The van der Waals surface area contributed by atoms with Crippen LogP contribution >= 0.6 is 0 Å². The van der Waals surface area contributed by atoms with Gasteiger partial charge < -0.3 is 69.6 Å². The van der Waals surface area contributed by atoms with Crippen molar-refractivity contribution in [3.05, 3.63) is 0 Å². The number of hydrogen-bond donors (Lipinski definition) is 2. The fourth-order valence-corrected chi connectivity index (χ4v) is 1.37. The van der Waals surface area contributed by atoms with E-state index < -0.39 is 72.7 Å². The van der Waals surface area contributed by atoms with Crippen molar-refractivity contribution in [2.75, 3.05) is 0 Å². The molecular weight excluding hydrogens is 545 g/mol. The van der Waals surface area contributed by atoms with E-state index in [9.17, 15) is 59.4 Å². The Labute approximate surface area is 192 Å². The van der Waals surface area contributed by atoms with Gasteiger partial charge in [0.05, 0.1) is 11.9 Å². The zero-order valence-corrected chi connectivity index (χ0v) is 16.7. The van der Waals surface area contributed by atoms with Crippen LogP contribution in [0.3, 0.4) is 0 Å². The summed E-state index contributed by atoms with van der Waals surface area (Å²) in [6.45, 7) is 0. The summed E-state index contributed by atoms with van der Waals surface area (Å²) in [6, 6.07) is 0. The van der Waals surface area contributed by atoms with Crippen molar-refractivity contribution in [1.29, 1.82) is 0 Å². The molecule has 0 fully saturated rings. The van der Waals surface area contributed by atoms with Crippen LogP contribution in [0.25, 0.3) is 0 Å². The Bertz CT molecular complexity index is 521. The standard InChI is InChI=1S/2C6H8O7.3Co/c2*7-3(8)1-6(13,5(11)12)2-4(9)10;;;/h2*13H,1-2H2,(H,7,8)(H,9,10)(H,11,12);;;/q;;3*+2/p-6. The molecule has 0 heterocycles. The van der Waals surface area contributed by atoms with Crippen LogP contribution in [0.5, 0.6) is 0 Å². The molecule has 2 N–H and O–H groups in total. The number of aliphatic carboxylic acids is 6. The maximum atomic E-state index is 10.1. The summed E-state index contributed by atoms with van der Waals surface area (Å²) >= 11 is 0. The molecule has 3 radical (unpaired) electrons. The Hall–Kier alpha value is -1.74. The fourth-order valence-electron chi connectivity index (χ4n) is 1.37. The molecule has 0 rings (SSSR count). The van der Waals surface area contributed by atoms with E-state index in [2.05, 4.69) is 0 Å². The van der Waals surface area contributed by atoms with Gasteiger partial charge in [-0.15, -0.1) is 0 Å². The molecule has 0 aromatic rings. The van der Waals surface area contributed by atoms with E-state index in [1.165, 1.54) is 0 Å². The molecule has 0 unspecified atom stereocenters. The Balaban J connectivity index is -0.000000120. The molecule has 17 heteroatoms. The minimum Gasteiger partial charge on any atom is -0.550 e. The quantitative estimate of drug-likeness (QED) is 0.253. The SMILES string of the molecule is O=C([O-])CC(O)(CC(=O)[O-])C(=O)[O-].O=C([O-])CC(O)(CC(=O)[O-])C(=O)[O-].[Co+2].[Co+2].[Co+2]. The van der Waals surface area contributed by atoms with Crippen LogP contribution in [0, 0.1) is 0 Å². The van der Waals surface area contributed by atoms with E-state index in [1.807, 2.05) is 0 Å². The van der Waals surface area contributed by atoms with Gasteiger partial charge in [0.25, 0.3) is 0 Å². The largest absolute Gasteiger partial charge is 2.00 e. The minimum atomic E-state index is -2.97. The molecule has 0 amide bonds. The second-order valence-corrected chi connectivity index (χ2v) is 4.83. The molecule has 0 atom stereocenters. The summed E-state index contributed by atoms with van der Waals surface area (Å²) in [4.78, 5) is 60.0. The molecule has 0 bridgehead atoms. The van der Waals surface area contributed by atoms with Gasteiger partial charge in [-0.1, -0.05) is 0 Å². The Morgan fingerprint density at radius 1 is 0.483 bits per heavy atom. The van der Waals surface area contributed by atoms with Gasteiger partial charge in [0, 0.05) is 49.6 Å². The predicted octanol–water partition coefficient (Wildman–Crippen LogP) is -10.5. The third-order valence-electron chi connectivity index (χ3n) is 2.51. The summed E-state index contributed by atoms with van der Waals surface area (Å²) in [5.74, 6) is -12.0. The van der Waals surface area contributed by atoms with Crippen molar-refractivity contribution in [2.24, 2.45) is 0 Å². The fraction of sp³-hybridized carbons (Fsp3) is 0.500. The van der Waals surface area contributed by atoms with Crippen LogP contribution in [0.2, 0.25) is 0 Å². The molecule has 0 aromatic carbocycles. The summed E-state index contributed by atoms with van der Waals surface area (Å²) in [5, 5.41) is 77.9. The van der Waals surface area contributed by atoms with Gasteiger partial charge in [-0.05, 0) is 0 Å². The Morgan fingerprint density at radius 3 is 0.690 bits per heavy atom. The third kappa shape index (κ3) is 16.9. The van der Waals surface area contributed by atoms with Crippen molar-refractivity contribution in [3.8, 4) is 0 Å². The molecule has 14 nitrogen and oxygen atoms in total. The molecule has 0 aromatic heterocycles. The second-order valence-electron chi connectivity index (χ2n) is 4.83. The van der Waals surface area contributed by atoms with Crippen molar-refractivity contribution in [3.63, 3.8) is 0 Å². The second kappa shape index (κ2) is 16.1. The topological polar surface area (TPSA) is 281 Å². The number of rotatable bonds is 10. The molecule has 0 aliphatic carbocycles. The minimum absolute atomic E-state index is 0. The third-order valence-corrected chi connectivity index (χ3v) is 2.51. The van der Waals surface area contributed by atoms with Crippen LogP contribution in [-0.2, 0) is 79.1 Å². The smallest absolute Gasteiger partial charge is 0.550 e. The van der Waals surface area contributed by atoms with Crippen molar-refractivity contribution in [1.82, 2.24) is 0 Å². The predicted molar refractivity (Wildman–Crippen MR) is 58.4 cm³/mol. The number of hydrogen-bond acceptors (Lipinski definition) is 14. The van der Waals surface area contributed by atoms with Gasteiger partial charge in [0.2, 0.25) is 0 Å². The molecular formula is C12H10Co3O14. The van der Waals surface area contributed by atoms with Crippen LogP contribution < -0.4 is 30.6 Å². The molecule has 29 heavy (non-hydrogen) atoms. The van der Waals surface area contributed by atoms with Gasteiger partial charge in [0.15, 0.2) is 0 Å². The first kappa shape index (κ1) is 37.9. The van der Waals surface area contributed by atoms with E-state index in [0.717, 1.165) is 0 Å². The van der Waals surface area contributed by atoms with Gasteiger partial charge in [0.1, 0.15) is 11.2 Å². The van der Waals surface area contributed by atoms with Crippen LogP contribution in [0.1, 0.15) is 25.7 Å². The summed E-state index contributed by atoms with van der Waals surface area (Å²) in [7, 11) is 0. The van der Waals surface area contributed by atoms with E-state index in [1.54, 1.807) is 0 Å². The molecule has 0 aliphatic heterocycles. The first-order valence-corrected chi connectivity index (χ1v) is 6.23. The van der Waals surface area contributed by atoms with Crippen LogP contribution in [0.15, 0.2) is 0 Å². The van der Waals surface area contributed by atoms with Crippen LogP contribution in [0.4, 0.5) is 0 Å². The molecule has 0 saturated carbocycles. The normalized spacial score (nSPS) is 9.72. The van der Waals surface area contributed by atoms with E-state index in [0.29, 0.717) is 0 Å². The average molecular weight is 555 g/mol. The Morgan fingerprint density at radius 2 is 0.621 bits per heavy atom. The number of carbonyl (C=O) groups excluding carboxylic acids is 6. The zero-order valence-electron chi connectivity index (χ0n) is 13.6. The van der Waals surface area contributed by atoms with E-state index >= 15 is 0 Å². The molecule has 0 spiro atoms. The first-order chi connectivity index (χ1) is 11.6. The maximum Gasteiger partial charge on any atom is 2.00 e. The van der Waals surface area contributed by atoms with Crippen LogP contribution in [-0.4, -0.2) is 57.2 Å². The number of carboxylic acid groups (broad SMARTS) is 6. The van der Waals surface area contributed by atoms with E-state index in [-0.39, 0.29) is 50.3 Å². The summed E-state index contributed by atoms with van der Waals surface area (Å²) < 4.78 is 0. The van der Waals surface area contributed by atoms with E-state index in [4.69, 9.17) is 10.2 Å². The van der Waals surface area contributed by atoms with Gasteiger partial charge in [-0.2, -0.15) is 0 Å². The van der Waals surface area contributed by atoms with Gasteiger partial charge in [-0.25, -0.2) is 0 Å². The van der Waals surface area contributed by atoms with Gasteiger partial charge in [-0.3, -0.25) is 0 Å². The zero-order chi connectivity index (χ0) is 21.3. The Kier molecular flexibility index (Phi) is 21.1. The van der Waals surface area contributed by atoms with Crippen molar-refractivity contribution < 1.29 is 120 Å². The number of carboxylic acids is 6. The van der Waals surface area contributed by atoms with Crippen molar-refractivity contribution in [2.45, 2.75) is 36.9 Å². The number of carbonyl (C=O) groups is 6. The first-order valence-electron chi connectivity index (χ1n) is 6.23. The molecule has 0 aliphatic rings. The monoisotopic (exact) mass is 555 g/mol. The van der Waals surface area contributed by atoms with Crippen molar-refractivity contribution >= 4 is 35.8 Å². The van der Waals surface area contributed by atoms with Gasteiger partial charge >= 0.3 is 50.3 Å². The molecule has 169 valence electrons. The number of aliphatic hydroxyl groups is 2. The maximum absolute atomic E-state index is 10.1. The average Bonchev–Trinajstić information content (AvgIpc) is 2.34. The summed E-state index contributed by atoms with van der Waals surface area (Å²) in [5.41, 5.74) is -5.95.